The van der Waals surface area contributed by atoms with Gasteiger partial charge in [-0.15, -0.1) is 11.8 Å². The van der Waals surface area contributed by atoms with Gasteiger partial charge in [0.1, 0.15) is 0 Å². The summed E-state index contributed by atoms with van der Waals surface area (Å²) in [6, 6.07) is 0. The molecule has 35 valence electrons. The molecule has 2 heteroatoms. The topological polar surface area (TPSA) is 9.23 Å². The molecule has 1 saturated heterocycles. The van der Waals surface area contributed by atoms with E-state index in [1.54, 1.807) is 11.8 Å². The van der Waals surface area contributed by atoms with E-state index in [1.807, 2.05) is 0 Å². The summed E-state index contributed by atoms with van der Waals surface area (Å²) in [5.41, 5.74) is 0. The summed E-state index contributed by atoms with van der Waals surface area (Å²) in [6.07, 6.45) is 0. The summed E-state index contributed by atoms with van der Waals surface area (Å²) >= 11 is 1.76. The van der Waals surface area contributed by atoms with Gasteiger partial charge in [-0.3, -0.25) is 0 Å². The molecule has 1 nitrogen and oxygen atoms in total. The maximum absolute atomic E-state index is 4.96. The Bertz CT molecular complexity index is 40.8. The minimum absolute atomic E-state index is 0.491. The predicted octanol–water partition coefficient (Wildman–Crippen LogP) is 0.910. The van der Waals surface area contributed by atoms with Gasteiger partial charge in [-0.1, -0.05) is 0 Å². The molecule has 6 heavy (non-hydrogen) atoms. The average molecular weight is 103 g/mol. The monoisotopic (exact) mass is 103 g/mol. The van der Waals surface area contributed by atoms with Gasteiger partial charge in [0.05, 0.1) is 12.5 Å². The molecular formula is C4H7OS. The fourth-order valence-corrected chi connectivity index (χ4v) is 0.949. The second-order valence-corrected chi connectivity index (χ2v) is 2.51. The van der Waals surface area contributed by atoms with E-state index in [2.05, 4.69) is 6.92 Å². The predicted molar refractivity (Wildman–Crippen MR) is 27.6 cm³/mol. The van der Waals surface area contributed by atoms with Crippen LogP contribution in [-0.2, 0) is 4.74 Å². The molecule has 0 amide bonds. The van der Waals surface area contributed by atoms with Crippen LogP contribution in [0.3, 0.4) is 0 Å². The molecule has 1 unspecified atom stereocenters. The first-order chi connectivity index (χ1) is 2.89. The molecule has 1 rings (SSSR count). The number of hydrogen-bond acceptors (Lipinski definition) is 2. The summed E-state index contributed by atoms with van der Waals surface area (Å²) in [4.78, 5) is 0. The Labute approximate surface area is 42.1 Å². The van der Waals surface area contributed by atoms with Crippen LogP contribution in [-0.4, -0.2) is 17.8 Å². The zero-order valence-corrected chi connectivity index (χ0v) is 4.33. The minimum atomic E-state index is 0.491. The van der Waals surface area contributed by atoms with E-state index in [0.29, 0.717) is 5.25 Å². The second kappa shape index (κ2) is 1.85. The number of hydrogen-bond donors (Lipinski definition) is 0. The van der Waals surface area contributed by atoms with Crippen LogP contribution in [0.15, 0.2) is 0 Å². The lowest BCUT2D eigenvalue weighted by Gasteiger charge is -1.88. The molecular weight excluding hydrogens is 96.1 g/mol. The van der Waals surface area contributed by atoms with Crippen LogP contribution >= 0.6 is 11.8 Å². The number of ether oxygens (including phenoxy) is 1. The van der Waals surface area contributed by atoms with Gasteiger partial charge in [0.2, 0.25) is 0 Å². The number of rotatable bonds is 0. The lowest BCUT2D eigenvalue weighted by molar-refractivity contribution is 0.209. The first kappa shape index (κ1) is 4.47. The first-order valence-corrected chi connectivity index (χ1v) is 2.97. The van der Waals surface area contributed by atoms with Crippen LogP contribution in [0.5, 0.6) is 0 Å². The third kappa shape index (κ3) is 0.884. The average Bonchev–Trinajstić information content (AvgIpc) is 1.86. The van der Waals surface area contributed by atoms with Crippen LogP contribution in [0, 0.1) is 6.92 Å². The van der Waals surface area contributed by atoms with Crippen LogP contribution in [0.25, 0.3) is 0 Å². The van der Waals surface area contributed by atoms with Crippen molar-refractivity contribution in [3.05, 3.63) is 6.92 Å². The summed E-state index contributed by atoms with van der Waals surface area (Å²) in [7, 11) is 0. The smallest absolute Gasteiger partial charge is 0.0925 e. The molecule has 0 spiro atoms. The third-order valence-electron chi connectivity index (χ3n) is 0.691. The zero-order valence-electron chi connectivity index (χ0n) is 3.52. The maximum Gasteiger partial charge on any atom is 0.0925 e. The highest BCUT2D eigenvalue weighted by atomic mass is 32.2. The quantitative estimate of drug-likeness (QED) is 0.450. The van der Waals surface area contributed by atoms with Gasteiger partial charge in [-0.25, -0.2) is 0 Å². The standard InChI is InChI=1S/C4H7OS/c1-4-2-5-3-6-4/h4H,1-3H2. The molecule has 1 heterocycles. The molecule has 1 aliphatic heterocycles. The molecule has 0 aromatic carbocycles. The summed E-state index contributed by atoms with van der Waals surface area (Å²) in [6.45, 7) is 4.61. The molecule has 0 aromatic heterocycles. The van der Waals surface area contributed by atoms with Gasteiger partial charge >= 0.3 is 0 Å². The van der Waals surface area contributed by atoms with Crippen molar-refractivity contribution in [1.29, 1.82) is 0 Å². The lowest BCUT2D eigenvalue weighted by atomic mass is 10.5. The molecule has 1 atom stereocenters. The molecule has 1 radical (unpaired) electrons. The van der Waals surface area contributed by atoms with Crippen molar-refractivity contribution >= 4 is 11.8 Å². The summed E-state index contributed by atoms with van der Waals surface area (Å²) in [5, 5.41) is 0.491. The largest absolute Gasteiger partial charge is 0.370 e. The van der Waals surface area contributed by atoms with E-state index in [4.69, 9.17) is 4.74 Å². The zero-order chi connectivity index (χ0) is 4.41. The molecule has 1 aliphatic rings. The van der Waals surface area contributed by atoms with Crippen molar-refractivity contribution in [2.75, 3.05) is 12.5 Å². The van der Waals surface area contributed by atoms with Gasteiger partial charge in [-0.2, -0.15) is 0 Å². The van der Waals surface area contributed by atoms with Crippen LogP contribution in [0.1, 0.15) is 0 Å². The van der Waals surface area contributed by atoms with Gasteiger partial charge in [-0.05, 0) is 6.92 Å². The highest BCUT2D eigenvalue weighted by Gasteiger charge is 2.08. The van der Waals surface area contributed by atoms with E-state index < -0.39 is 0 Å². The second-order valence-electron chi connectivity index (χ2n) is 1.28. The molecule has 0 aliphatic carbocycles. The van der Waals surface area contributed by atoms with Crippen molar-refractivity contribution in [1.82, 2.24) is 0 Å². The molecule has 0 N–H and O–H groups in total. The number of thioether (sulfide) groups is 1. The molecule has 0 saturated carbocycles. The molecule has 1 fully saturated rings. The minimum Gasteiger partial charge on any atom is -0.370 e. The van der Waals surface area contributed by atoms with Gasteiger partial charge in [0.25, 0.3) is 0 Å². The van der Waals surface area contributed by atoms with Gasteiger partial charge in [0, 0.05) is 5.25 Å². The van der Waals surface area contributed by atoms with Crippen LogP contribution < -0.4 is 0 Å². The van der Waals surface area contributed by atoms with Gasteiger partial charge < -0.3 is 4.74 Å². The van der Waals surface area contributed by atoms with Crippen LogP contribution in [0.2, 0.25) is 0 Å². The Morgan fingerprint density at radius 2 is 2.67 bits per heavy atom. The maximum atomic E-state index is 4.96. The Morgan fingerprint density at radius 3 is 2.83 bits per heavy atom. The van der Waals surface area contributed by atoms with Crippen molar-refractivity contribution < 1.29 is 4.74 Å². The SMILES string of the molecule is [CH2]C1COCS1. The van der Waals surface area contributed by atoms with Crippen molar-refractivity contribution in [2.24, 2.45) is 0 Å². The molecule has 0 bridgehead atoms. The normalized spacial score (nSPS) is 34.5. The van der Waals surface area contributed by atoms with Crippen LogP contribution in [0.4, 0.5) is 0 Å². The van der Waals surface area contributed by atoms with E-state index in [-0.39, 0.29) is 0 Å². The highest BCUT2D eigenvalue weighted by Crippen LogP contribution is 2.16. The van der Waals surface area contributed by atoms with Crippen molar-refractivity contribution in [3.63, 3.8) is 0 Å². The third-order valence-corrected chi connectivity index (χ3v) is 1.60. The Kier molecular flexibility index (Phi) is 1.37. The lowest BCUT2D eigenvalue weighted by Crippen LogP contribution is -1.93. The molecule has 0 aromatic rings. The van der Waals surface area contributed by atoms with Crippen molar-refractivity contribution in [3.8, 4) is 0 Å². The summed E-state index contributed by atoms with van der Waals surface area (Å²) in [5.74, 6) is 0.841. The van der Waals surface area contributed by atoms with E-state index >= 15 is 0 Å². The van der Waals surface area contributed by atoms with E-state index in [0.717, 1.165) is 12.5 Å². The van der Waals surface area contributed by atoms with Gasteiger partial charge in [0.15, 0.2) is 0 Å². The fourth-order valence-electron chi connectivity index (χ4n) is 0.372. The Hall–Kier alpha value is 0.310. The van der Waals surface area contributed by atoms with E-state index in [1.165, 1.54) is 0 Å². The Balaban J connectivity index is 2.18. The first-order valence-electron chi connectivity index (χ1n) is 1.92. The highest BCUT2D eigenvalue weighted by molar-refractivity contribution is 8.00. The Morgan fingerprint density at radius 1 is 1.83 bits per heavy atom. The van der Waals surface area contributed by atoms with Crippen molar-refractivity contribution in [2.45, 2.75) is 5.25 Å². The van der Waals surface area contributed by atoms with E-state index in [9.17, 15) is 0 Å². The summed E-state index contributed by atoms with van der Waals surface area (Å²) < 4.78 is 4.96. The fraction of sp³-hybridized carbons (Fsp3) is 0.750.